The van der Waals surface area contributed by atoms with Gasteiger partial charge in [-0.1, -0.05) is 0 Å². The molecule has 144 valence electrons. The predicted molar refractivity (Wildman–Crippen MR) is 98.7 cm³/mol. The van der Waals surface area contributed by atoms with Crippen LogP contribution in [-0.2, 0) is 14.3 Å². The van der Waals surface area contributed by atoms with Gasteiger partial charge in [0.1, 0.15) is 11.1 Å². The molecular formula is C17H14N4O6S. The van der Waals surface area contributed by atoms with Crippen molar-refractivity contribution in [2.24, 2.45) is 0 Å². The van der Waals surface area contributed by atoms with E-state index in [-0.39, 0.29) is 24.2 Å². The fraction of sp³-hybridized carbons (Fsp3) is 0.176. The number of nitro groups is 1. The van der Waals surface area contributed by atoms with Gasteiger partial charge in [-0.3, -0.25) is 24.5 Å². The van der Waals surface area contributed by atoms with Gasteiger partial charge in [-0.25, -0.2) is 0 Å². The molecule has 11 heteroatoms. The molecule has 0 aliphatic carbocycles. The van der Waals surface area contributed by atoms with Gasteiger partial charge in [0, 0.05) is 24.2 Å². The Morgan fingerprint density at radius 2 is 1.93 bits per heavy atom. The minimum atomic E-state index is -0.689. The fourth-order valence-electron chi connectivity index (χ4n) is 1.99. The summed E-state index contributed by atoms with van der Waals surface area (Å²) in [7, 11) is 0. The molecule has 0 atom stereocenters. The van der Waals surface area contributed by atoms with Crippen molar-refractivity contribution in [2.75, 3.05) is 18.5 Å². The number of nitrogens with zero attached hydrogens (tertiary/aromatic N) is 2. The summed E-state index contributed by atoms with van der Waals surface area (Å²) in [6, 6.07) is 8.48. The Morgan fingerprint density at radius 3 is 2.57 bits per heavy atom. The minimum absolute atomic E-state index is 0.0280. The Labute approximate surface area is 162 Å². The molecule has 1 aromatic heterocycles. The maximum atomic E-state index is 11.9. The van der Waals surface area contributed by atoms with Gasteiger partial charge in [-0.2, -0.15) is 5.26 Å². The summed E-state index contributed by atoms with van der Waals surface area (Å²) in [4.78, 5) is 45.2. The molecule has 2 rings (SSSR count). The van der Waals surface area contributed by atoms with E-state index in [2.05, 4.69) is 10.6 Å². The Bertz CT molecular complexity index is 932. The number of nitro benzene ring substituents is 1. The SMILES string of the molecule is N#Cc1ccsc1NC(=O)COC(=O)CCNC(=O)c1ccc([N+](=O)[O-])cc1. The molecule has 0 aliphatic heterocycles. The highest BCUT2D eigenvalue weighted by atomic mass is 32.1. The highest BCUT2D eigenvalue weighted by Gasteiger charge is 2.12. The zero-order valence-electron chi connectivity index (χ0n) is 14.3. The van der Waals surface area contributed by atoms with Crippen LogP contribution in [0.25, 0.3) is 0 Å². The van der Waals surface area contributed by atoms with Crippen LogP contribution in [0.5, 0.6) is 0 Å². The quantitative estimate of drug-likeness (QED) is 0.388. The van der Waals surface area contributed by atoms with Crippen molar-refractivity contribution in [1.82, 2.24) is 5.32 Å². The number of rotatable bonds is 8. The van der Waals surface area contributed by atoms with E-state index in [0.717, 1.165) is 0 Å². The molecule has 0 bridgehead atoms. The molecule has 0 fully saturated rings. The van der Waals surface area contributed by atoms with Crippen molar-refractivity contribution in [2.45, 2.75) is 6.42 Å². The number of nitrogens with one attached hydrogen (secondary N) is 2. The standard InChI is InChI=1S/C17H14N4O6S/c18-9-12-6-8-28-17(12)20-14(22)10-27-15(23)5-7-19-16(24)11-1-3-13(4-2-11)21(25)26/h1-4,6,8H,5,7,10H2,(H,19,24)(H,20,22). The molecular weight excluding hydrogens is 388 g/mol. The average Bonchev–Trinajstić information content (AvgIpc) is 3.13. The van der Waals surface area contributed by atoms with Gasteiger partial charge in [-0.15, -0.1) is 11.3 Å². The maximum Gasteiger partial charge on any atom is 0.308 e. The van der Waals surface area contributed by atoms with Crippen molar-refractivity contribution < 1.29 is 24.0 Å². The first-order chi connectivity index (χ1) is 13.4. The normalized spacial score (nSPS) is 9.82. The van der Waals surface area contributed by atoms with E-state index in [1.807, 2.05) is 6.07 Å². The van der Waals surface area contributed by atoms with Crippen molar-refractivity contribution in [3.63, 3.8) is 0 Å². The number of carbonyl (C=O) groups excluding carboxylic acids is 3. The Hall–Kier alpha value is -3.78. The fourth-order valence-corrected chi connectivity index (χ4v) is 2.74. The third-order valence-electron chi connectivity index (χ3n) is 3.36. The van der Waals surface area contributed by atoms with Crippen LogP contribution < -0.4 is 10.6 Å². The highest BCUT2D eigenvalue weighted by molar-refractivity contribution is 7.14. The van der Waals surface area contributed by atoms with Gasteiger partial charge in [0.25, 0.3) is 17.5 Å². The van der Waals surface area contributed by atoms with E-state index in [1.165, 1.54) is 35.6 Å². The number of amides is 2. The third-order valence-corrected chi connectivity index (χ3v) is 4.19. The van der Waals surface area contributed by atoms with Crippen LogP contribution in [0.2, 0.25) is 0 Å². The third kappa shape index (κ3) is 5.89. The van der Waals surface area contributed by atoms with Gasteiger partial charge in [0.2, 0.25) is 0 Å². The van der Waals surface area contributed by atoms with Crippen LogP contribution in [0.1, 0.15) is 22.3 Å². The molecule has 0 unspecified atom stereocenters. The van der Waals surface area contributed by atoms with Crippen LogP contribution in [0.15, 0.2) is 35.7 Å². The largest absolute Gasteiger partial charge is 0.456 e. The second-order valence-corrected chi connectivity index (χ2v) is 6.21. The first-order valence-electron chi connectivity index (χ1n) is 7.86. The Balaban J connectivity index is 1.69. The van der Waals surface area contributed by atoms with Crippen LogP contribution in [-0.4, -0.2) is 35.9 Å². The smallest absolute Gasteiger partial charge is 0.308 e. The molecule has 0 radical (unpaired) electrons. The van der Waals surface area contributed by atoms with Gasteiger partial charge in [0.05, 0.1) is 16.9 Å². The van der Waals surface area contributed by atoms with Gasteiger partial charge >= 0.3 is 5.97 Å². The lowest BCUT2D eigenvalue weighted by molar-refractivity contribution is -0.384. The Morgan fingerprint density at radius 1 is 1.21 bits per heavy atom. The first-order valence-corrected chi connectivity index (χ1v) is 8.74. The number of ether oxygens (including phenoxy) is 1. The molecule has 1 aromatic carbocycles. The first kappa shape index (κ1) is 20.5. The summed E-state index contributed by atoms with van der Waals surface area (Å²) >= 11 is 1.17. The summed E-state index contributed by atoms with van der Waals surface area (Å²) in [5, 5.41) is 26.4. The molecule has 0 aliphatic rings. The monoisotopic (exact) mass is 402 g/mol. The van der Waals surface area contributed by atoms with E-state index in [9.17, 15) is 24.5 Å². The van der Waals surface area contributed by atoms with Crippen LogP contribution in [0.3, 0.4) is 0 Å². The topological polar surface area (TPSA) is 151 Å². The summed E-state index contributed by atoms with van der Waals surface area (Å²) in [6.45, 7) is -0.544. The maximum absolute atomic E-state index is 11.9. The predicted octanol–water partition coefficient (Wildman–Crippen LogP) is 1.83. The number of hydrogen-bond acceptors (Lipinski definition) is 8. The highest BCUT2D eigenvalue weighted by Crippen LogP contribution is 2.21. The number of thiophene rings is 1. The zero-order chi connectivity index (χ0) is 20.5. The van der Waals surface area contributed by atoms with Crippen molar-refractivity contribution in [1.29, 1.82) is 5.26 Å². The number of hydrogen-bond donors (Lipinski definition) is 2. The van der Waals surface area contributed by atoms with Gasteiger partial charge < -0.3 is 15.4 Å². The van der Waals surface area contributed by atoms with Gasteiger partial charge in [0.15, 0.2) is 6.61 Å². The molecule has 28 heavy (non-hydrogen) atoms. The molecule has 2 N–H and O–H groups in total. The molecule has 0 saturated heterocycles. The van der Waals surface area contributed by atoms with E-state index in [4.69, 9.17) is 10.00 Å². The number of non-ortho nitro benzene ring substituents is 1. The molecule has 10 nitrogen and oxygen atoms in total. The van der Waals surface area contributed by atoms with E-state index in [0.29, 0.717) is 10.6 Å². The van der Waals surface area contributed by atoms with Crippen molar-refractivity contribution >= 4 is 39.8 Å². The Kier molecular flexibility index (Phi) is 7.18. The summed E-state index contributed by atoms with van der Waals surface area (Å²) in [5.74, 6) is -1.77. The van der Waals surface area contributed by atoms with Crippen molar-refractivity contribution in [3.8, 4) is 6.07 Å². The number of benzene rings is 1. The second kappa shape index (κ2) is 9.79. The van der Waals surface area contributed by atoms with Crippen molar-refractivity contribution in [3.05, 3.63) is 57.0 Å². The number of esters is 1. The number of anilines is 1. The van der Waals surface area contributed by atoms with E-state index >= 15 is 0 Å². The summed E-state index contributed by atoms with van der Waals surface area (Å²) in [6.07, 6.45) is -0.158. The molecule has 0 saturated carbocycles. The zero-order valence-corrected chi connectivity index (χ0v) is 15.2. The molecule has 0 spiro atoms. The van der Waals surface area contributed by atoms with Gasteiger partial charge in [-0.05, 0) is 23.6 Å². The van der Waals surface area contributed by atoms with Crippen LogP contribution in [0, 0.1) is 21.4 Å². The molecule has 2 aromatic rings. The van der Waals surface area contributed by atoms with Crippen LogP contribution in [0.4, 0.5) is 10.7 Å². The number of carbonyl (C=O) groups is 3. The van der Waals surface area contributed by atoms with E-state index in [1.54, 1.807) is 11.4 Å². The lowest BCUT2D eigenvalue weighted by Crippen LogP contribution is -2.27. The second-order valence-electron chi connectivity index (χ2n) is 5.29. The van der Waals surface area contributed by atoms with E-state index < -0.39 is 29.3 Å². The summed E-state index contributed by atoms with van der Waals surface area (Å²) < 4.78 is 4.80. The summed E-state index contributed by atoms with van der Waals surface area (Å²) in [5.41, 5.74) is 0.393. The average molecular weight is 402 g/mol. The minimum Gasteiger partial charge on any atom is -0.456 e. The number of nitriles is 1. The lowest BCUT2D eigenvalue weighted by atomic mass is 10.2. The molecule has 2 amide bonds. The molecule has 1 heterocycles. The van der Waals surface area contributed by atoms with Crippen LogP contribution >= 0.6 is 11.3 Å². The lowest BCUT2D eigenvalue weighted by Gasteiger charge is -2.07.